The van der Waals surface area contributed by atoms with Crippen molar-refractivity contribution in [1.29, 1.82) is 0 Å². The van der Waals surface area contributed by atoms with Crippen LogP contribution in [0.5, 0.6) is 5.75 Å². The second-order valence-electron chi connectivity index (χ2n) is 3.92. The van der Waals surface area contributed by atoms with Gasteiger partial charge < -0.3 is 10.4 Å². The number of anilines is 1. The molecule has 3 aromatic rings. The molecule has 0 fully saturated rings. The van der Waals surface area contributed by atoms with Crippen LogP contribution in [0.25, 0.3) is 5.65 Å². The first kappa shape index (κ1) is 10.6. The highest BCUT2D eigenvalue weighted by atomic mass is 16.3. The van der Waals surface area contributed by atoms with E-state index in [2.05, 4.69) is 15.4 Å². The normalized spacial score (nSPS) is 10.7. The quantitative estimate of drug-likeness (QED) is 0.735. The first-order valence-corrected chi connectivity index (χ1v) is 5.65. The number of benzene rings is 1. The number of hydrogen-bond donors (Lipinski definition) is 2. The molecule has 0 radical (unpaired) electrons. The zero-order chi connectivity index (χ0) is 12.4. The molecule has 0 aliphatic heterocycles. The lowest BCUT2D eigenvalue weighted by atomic mass is 10.2. The van der Waals surface area contributed by atoms with Crippen molar-refractivity contribution >= 4 is 11.6 Å². The number of rotatable bonds is 3. The van der Waals surface area contributed by atoms with E-state index in [4.69, 9.17) is 0 Å². The molecule has 0 unspecified atom stereocenters. The van der Waals surface area contributed by atoms with Crippen LogP contribution in [0.2, 0.25) is 0 Å². The Labute approximate surface area is 104 Å². The Bertz CT molecular complexity index is 644. The minimum atomic E-state index is 0.272. The second-order valence-corrected chi connectivity index (χ2v) is 3.92. The zero-order valence-electron chi connectivity index (χ0n) is 9.61. The van der Waals surface area contributed by atoms with Gasteiger partial charge in [0, 0.05) is 18.3 Å². The van der Waals surface area contributed by atoms with Crippen LogP contribution in [0, 0.1) is 0 Å². The van der Waals surface area contributed by atoms with Crippen LogP contribution in [0.15, 0.2) is 48.7 Å². The average molecular weight is 240 g/mol. The van der Waals surface area contributed by atoms with Gasteiger partial charge in [0.05, 0.1) is 0 Å². The highest BCUT2D eigenvalue weighted by Gasteiger charge is 2.03. The summed E-state index contributed by atoms with van der Waals surface area (Å²) >= 11 is 0. The number of para-hydroxylation sites is 1. The lowest BCUT2D eigenvalue weighted by molar-refractivity contribution is 0.469. The zero-order valence-corrected chi connectivity index (χ0v) is 9.61. The molecular formula is C13H12N4O. The third-order valence-electron chi connectivity index (χ3n) is 2.67. The van der Waals surface area contributed by atoms with E-state index in [-0.39, 0.29) is 5.75 Å². The molecule has 2 N–H and O–H groups in total. The average Bonchev–Trinajstić information content (AvgIpc) is 2.80. The molecule has 3 rings (SSSR count). The molecule has 0 atom stereocenters. The second kappa shape index (κ2) is 4.37. The van der Waals surface area contributed by atoms with Gasteiger partial charge in [-0.15, -0.1) is 5.10 Å². The van der Waals surface area contributed by atoms with Gasteiger partial charge in [-0.1, -0.05) is 24.3 Å². The minimum absolute atomic E-state index is 0.272. The van der Waals surface area contributed by atoms with Crippen LogP contribution in [-0.4, -0.2) is 19.7 Å². The highest BCUT2D eigenvalue weighted by Crippen LogP contribution is 2.16. The predicted molar refractivity (Wildman–Crippen MR) is 68.4 cm³/mol. The minimum Gasteiger partial charge on any atom is -0.508 e. The van der Waals surface area contributed by atoms with Gasteiger partial charge in [0.2, 0.25) is 5.95 Å². The Morgan fingerprint density at radius 1 is 1.11 bits per heavy atom. The molecule has 0 spiro atoms. The SMILES string of the molecule is Oc1ccccc1CNc1nc2ccccn2n1. The first-order chi connectivity index (χ1) is 8.83. The molecule has 5 heteroatoms. The number of aromatic hydroxyl groups is 1. The topological polar surface area (TPSA) is 62.5 Å². The van der Waals surface area contributed by atoms with Crippen LogP contribution in [0.3, 0.4) is 0 Å². The van der Waals surface area contributed by atoms with Crippen LogP contribution in [-0.2, 0) is 6.54 Å². The van der Waals surface area contributed by atoms with Crippen LogP contribution < -0.4 is 5.32 Å². The summed E-state index contributed by atoms with van der Waals surface area (Å²) in [6, 6.07) is 12.9. The summed E-state index contributed by atoms with van der Waals surface area (Å²) in [4.78, 5) is 4.32. The summed E-state index contributed by atoms with van der Waals surface area (Å²) in [5, 5.41) is 17.0. The Morgan fingerprint density at radius 3 is 2.78 bits per heavy atom. The number of nitrogens with one attached hydrogen (secondary N) is 1. The van der Waals surface area contributed by atoms with Crippen molar-refractivity contribution in [3.8, 4) is 5.75 Å². The third-order valence-corrected chi connectivity index (χ3v) is 2.67. The third kappa shape index (κ3) is 1.98. The van der Waals surface area contributed by atoms with E-state index in [1.54, 1.807) is 16.6 Å². The predicted octanol–water partition coefficient (Wildman–Crippen LogP) is 2.05. The molecule has 5 nitrogen and oxygen atoms in total. The maximum atomic E-state index is 9.64. The monoisotopic (exact) mass is 240 g/mol. The lowest BCUT2D eigenvalue weighted by Gasteiger charge is -2.03. The maximum Gasteiger partial charge on any atom is 0.243 e. The molecule has 90 valence electrons. The molecule has 2 heterocycles. The van der Waals surface area contributed by atoms with Gasteiger partial charge in [0.1, 0.15) is 5.75 Å². The fraction of sp³-hybridized carbons (Fsp3) is 0.0769. The van der Waals surface area contributed by atoms with Crippen molar-refractivity contribution < 1.29 is 5.11 Å². The lowest BCUT2D eigenvalue weighted by Crippen LogP contribution is -2.01. The molecule has 0 bridgehead atoms. The largest absolute Gasteiger partial charge is 0.508 e. The molecule has 0 aliphatic carbocycles. The summed E-state index contributed by atoms with van der Waals surface area (Å²) in [5.41, 5.74) is 1.61. The number of phenols is 1. The van der Waals surface area contributed by atoms with E-state index >= 15 is 0 Å². The fourth-order valence-electron chi connectivity index (χ4n) is 1.74. The Kier molecular flexibility index (Phi) is 2.57. The molecule has 2 aromatic heterocycles. The number of fused-ring (bicyclic) bond motifs is 1. The summed E-state index contributed by atoms with van der Waals surface area (Å²) < 4.78 is 1.70. The molecule has 0 saturated carbocycles. The maximum absolute atomic E-state index is 9.64. The van der Waals surface area contributed by atoms with Crippen molar-refractivity contribution in [2.75, 3.05) is 5.32 Å². The molecule has 18 heavy (non-hydrogen) atoms. The number of phenolic OH excluding ortho intramolecular Hbond substituents is 1. The van der Waals surface area contributed by atoms with Gasteiger partial charge in [-0.3, -0.25) is 0 Å². The van der Waals surface area contributed by atoms with Crippen molar-refractivity contribution in [3.05, 3.63) is 54.2 Å². The van der Waals surface area contributed by atoms with Crippen molar-refractivity contribution in [2.45, 2.75) is 6.54 Å². The van der Waals surface area contributed by atoms with Crippen molar-refractivity contribution in [3.63, 3.8) is 0 Å². The smallest absolute Gasteiger partial charge is 0.243 e. The fourth-order valence-corrected chi connectivity index (χ4v) is 1.74. The van der Waals surface area contributed by atoms with E-state index in [1.807, 2.05) is 36.5 Å². The van der Waals surface area contributed by atoms with Gasteiger partial charge in [-0.2, -0.15) is 4.98 Å². The number of aromatic nitrogens is 3. The van der Waals surface area contributed by atoms with Gasteiger partial charge >= 0.3 is 0 Å². The van der Waals surface area contributed by atoms with E-state index in [0.717, 1.165) is 11.2 Å². The van der Waals surface area contributed by atoms with Crippen molar-refractivity contribution in [2.24, 2.45) is 0 Å². The molecule has 0 saturated heterocycles. The standard InChI is InChI=1S/C13H12N4O/c18-11-6-2-1-5-10(11)9-14-13-15-12-7-3-4-8-17(12)16-13/h1-8,18H,9H2,(H,14,16). The molecular weight excluding hydrogens is 228 g/mol. The van der Waals surface area contributed by atoms with E-state index < -0.39 is 0 Å². The van der Waals surface area contributed by atoms with E-state index in [0.29, 0.717) is 12.5 Å². The van der Waals surface area contributed by atoms with Gasteiger partial charge in [0.15, 0.2) is 5.65 Å². The van der Waals surface area contributed by atoms with E-state index in [1.165, 1.54) is 0 Å². The highest BCUT2D eigenvalue weighted by molar-refractivity contribution is 5.43. The van der Waals surface area contributed by atoms with Crippen LogP contribution >= 0.6 is 0 Å². The number of nitrogens with zero attached hydrogens (tertiary/aromatic N) is 3. The summed E-state index contributed by atoms with van der Waals surface area (Å²) in [6.07, 6.45) is 1.84. The van der Waals surface area contributed by atoms with Crippen LogP contribution in [0.4, 0.5) is 5.95 Å². The summed E-state index contributed by atoms with van der Waals surface area (Å²) in [5.74, 6) is 0.818. The Balaban J connectivity index is 1.79. The van der Waals surface area contributed by atoms with Gasteiger partial charge in [-0.25, -0.2) is 4.52 Å². The van der Waals surface area contributed by atoms with Gasteiger partial charge in [-0.05, 0) is 18.2 Å². The van der Waals surface area contributed by atoms with Crippen molar-refractivity contribution in [1.82, 2.24) is 14.6 Å². The van der Waals surface area contributed by atoms with E-state index in [9.17, 15) is 5.11 Å². The number of pyridine rings is 1. The molecule has 0 aliphatic rings. The Hall–Kier alpha value is -2.56. The summed E-state index contributed by atoms with van der Waals surface area (Å²) in [7, 11) is 0. The molecule has 0 amide bonds. The molecule has 1 aromatic carbocycles. The van der Waals surface area contributed by atoms with Gasteiger partial charge in [0.25, 0.3) is 0 Å². The van der Waals surface area contributed by atoms with Crippen LogP contribution in [0.1, 0.15) is 5.56 Å². The number of hydrogen-bond acceptors (Lipinski definition) is 4. The Morgan fingerprint density at radius 2 is 1.94 bits per heavy atom. The summed E-state index contributed by atoms with van der Waals surface area (Å²) in [6.45, 7) is 0.490. The first-order valence-electron chi connectivity index (χ1n) is 5.65.